The number of anilines is 1. The Bertz CT molecular complexity index is 508. The Labute approximate surface area is 103 Å². The zero-order chi connectivity index (χ0) is 13.4. The van der Waals surface area contributed by atoms with Crippen molar-refractivity contribution < 1.29 is 9.90 Å². The third kappa shape index (κ3) is 3.91. The molecule has 0 unspecified atom stereocenters. The van der Waals surface area contributed by atoms with Crippen molar-refractivity contribution >= 4 is 18.0 Å². The molecule has 18 heavy (non-hydrogen) atoms. The van der Waals surface area contributed by atoms with Crippen molar-refractivity contribution in [3.8, 4) is 12.1 Å². The topological polar surface area (TPSA) is 114 Å². The van der Waals surface area contributed by atoms with Crippen LogP contribution in [0.15, 0.2) is 18.5 Å². The van der Waals surface area contributed by atoms with Crippen LogP contribution in [0.25, 0.3) is 6.08 Å². The van der Waals surface area contributed by atoms with Crippen molar-refractivity contribution in [2.45, 2.75) is 0 Å². The van der Waals surface area contributed by atoms with Crippen LogP contribution < -0.4 is 4.90 Å². The molecule has 1 heterocycles. The molecule has 7 nitrogen and oxygen atoms in total. The summed E-state index contributed by atoms with van der Waals surface area (Å²) in [4.78, 5) is 19.6. The fourth-order valence-electron chi connectivity index (χ4n) is 1.12. The molecule has 7 heteroatoms. The minimum Gasteiger partial charge on any atom is -0.478 e. The second-order valence-corrected chi connectivity index (χ2v) is 3.16. The summed E-state index contributed by atoms with van der Waals surface area (Å²) in [5.41, 5.74) is 0.523. The van der Waals surface area contributed by atoms with Gasteiger partial charge in [-0.25, -0.2) is 14.8 Å². The van der Waals surface area contributed by atoms with E-state index in [2.05, 4.69) is 9.97 Å². The molecule has 1 N–H and O–H groups in total. The van der Waals surface area contributed by atoms with Gasteiger partial charge in [0.05, 0.1) is 12.1 Å². The molecule has 0 aliphatic rings. The summed E-state index contributed by atoms with van der Waals surface area (Å²) in [5, 5.41) is 25.6. The van der Waals surface area contributed by atoms with E-state index in [-0.39, 0.29) is 19.0 Å². The van der Waals surface area contributed by atoms with Crippen molar-refractivity contribution in [2.24, 2.45) is 0 Å². The van der Waals surface area contributed by atoms with E-state index in [0.29, 0.717) is 5.56 Å². The predicted molar refractivity (Wildman–Crippen MR) is 62.1 cm³/mol. The number of carboxylic acid groups (broad SMARTS) is 1. The molecule has 0 fully saturated rings. The average molecular weight is 243 g/mol. The molecule has 0 aromatic carbocycles. The minimum atomic E-state index is -1.06. The maximum absolute atomic E-state index is 10.3. The molecule has 90 valence electrons. The average Bonchev–Trinajstić information content (AvgIpc) is 2.37. The molecule has 0 saturated heterocycles. The SMILES string of the molecule is N#CCN(CC#N)c1ncc(/C=C/C(=O)O)cn1. The highest BCUT2D eigenvalue weighted by atomic mass is 16.4. The Kier molecular flexibility index (Phi) is 4.82. The highest BCUT2D eigenvalue weighted by molar-refractivity contribution is 5.85. The fourth-order valence-corrected chi connectivity index (χ4v) is 1.12. The van der Waals surface area contributed by atoms with Crippen molar-refractivity contribution in [1.29, 1.82) is 10.5 Å². The lowest BCUT2D eigenvalue weighted by Gasteiger charge is -2.14. The summed E-state index contributed by atoms with van der Waals surface area (Å²) in [6.45, 7) is 0.0236. The molecule has 0 bridgehead atoms. The molecular formula is C11H9N5O2. The number of nitrogens with zero attached hydrogens (tertiary/aromatic N) is 5. The van der Waals surface area contributed by atoms with E-state index in [1.807, 2.05) is 12.1 Å². The first-order valence-corrected chi connectivity index (χ1v) is 4.89. The number of nitriles is 2. The Morgan fingerprint density at radius 1 is 1.33 bits per heavy atom. The first-order valence-electron chi connectivity index (χ1n) is 4.89. The Morgan fingerprint density at radius 3 is 2.33 bits per heavy atom. The molecule has 0 aliphatic carbocycles. The summed E-state index contributed by atoms with van der Waals surface area (Å²) >= 11 is 0. The van der Waals surface area contributed by atoms with Crippen LogP contribution in [-0.2, 0) is 4.79 Å². The lowest BCUT2D eigenvalue weighted by molar-refractivity contribution is -0.131. The molecule has 0 atom stereocenters. The van der Waals surface area contributed by atoms with Gasteiger partial charge in [0.15, 0.2) is 0 Å². The molecule has 0 saturated carbocycles. The van der Waals surface area contributed by atoms with Crippen LogP contribution >= 0.6 is 0 Å². The number of hydrogen-bond donors (Lipinski definition) is 1. The summed E-state index contributed by atoms with van der Waals surface area (Å²) in [6.07, 6.45) is 5.17. The molecular weight excluding hydrogens is 234 g/mol. The predicted octanol–water partition coefficient (Wildman–Crippen LogP) is 0.428. The molecule has 0 radical (unpaired) electrons. The van der Waals surface area contributed by atoms with Gasteiger partial charge in [0.2, 0.25) is 5.95 Å². The zero-order valence-electron chi connectivity index (χ0n) is 9.32. The van der Waals surface area contributed by atoms with Gasteiger partial charge < -0.3 is 10.0 Å². The quantitative estimate of drug-likeness (QED) is 0.589. The molecule has 1 rings (SSSR count). The van der Waals surface area contributed by atoms with Crippen LogP contribution in [0.5, 0.6) is 0 Å². The van der Waals surface area contributed by atoms with E-state index >= 15 is 0 Å². The maximum Gasteiger partial charge on any atom is 0.328 e. The largest absolute Gasteiger partial charge is 0.478 e. The van der Waals surface area contributed by atoms with Crippen molar-refractivity contribution in [3.63, 3.8) is 0 Å². The molecule has 0 aliphatic heterocycles. The third-order valence-corrected chi connectivity index (χ3v) is 1.88. The number of carbonyl (C=O) groups is 1. The molecule has 0 amide bonds. The minimum absolute atomic E-state index is 0.0118. The van der Waals surface area contributed by atoms with Crippen molar-refractivity contribution in [2.75, 3.05) is 18.0 Å². The van der Waals surface area contributed by atoms with Gasteiger partial charge in [-0.2, -0.15) is 10.5 Å². The van der Waals surface area contributed by atoms with E-state index in [1.165, 1.54) is 23.4 Å². The third-order valence-electron chi connectivity index (χ3n) is 1.88. The van der Waals surface area contributed by atoms with Gasteiger partial charge in [-0.3, -0.25) is 0 Å². The Balaban J connectivity index is 2.84. The van der Waals surface area contributed by atoms with Crippen LogP contribution in [0.1, 0.15) is 5.56 Å². The smallest absolute Gasteiger partial charge is 0.328 e. The number of aromatic nitrogens is 2. The lowest BCUT2D eigenvalue weighted by atomic mass is 10.3. The van der Waals surface area contributed by atoms with Gasteiger partial charge >= 0.3 is 5.97 Å². The summed E-state index contributed by atoms with van der Waals surface area (Å²) in [7, 11) is 0. The fraction of sp³-hybridized carbons (Fsp3) is 0.182. The van der Waals surface area contributed by atoms with E-state index in [4.69, 9.17) is 15.6 Å². The number of aliphatic carboxylic acids is 1. The normalized spacial score (nSPS) is 9.67. The van der Waals surface area contributed by atoms with Crippen molar-refractivity contribution in [3.05, 3.63) is 24.0 Å². The molecule has 1 aromatic rings. The Hall–Kier alpha value is -2.93. The summed E-state index contributed by atoms with van der Waals surface area (Å²) < 4.78 is 0. The highest BCUT2D eigenvalue weighted by Gasteiger charge is 2.07. The van der Waals surface area contributed by atoms with Crippen LogP contribution in [-0.4, -0.2) is 34.1 Å². The number of hydrogen-bond acceptors (Lipinski definition) is 6. The van der Waals surface area contributed by atoms with Crippen LogP contribution in [0.3, 0.4) is 0 Å². The molecule has 0 spiro atoms. The van der Waals surface area contributed by atoms with E-state index < -0.39 is 5.97 Å². The molecule has 1 aromatic heterocycles. The van der Waals surface area contributed by atoms with Gasteiger partial charge in [0, 0.05) is 24.0 Å². The lowest BCUT2D eigenvalue weighted by Crippen LogP contribution is -2.25. The summed E-state index contributed by atoms with van der Waals surface area (Å²) in [6, 6.07) is 3.82. The number of rotatable bonds is 5. The van der Waals surface area contributed by atoms with Crippen LogP contribution in [0.2, 0.25) is 0 Å². The second kappa shape index (κ2) is 6.61. The zero-order valence-corrected chi connectivity index (χ0v) is 9.32. The standard InChI is InChI=1S/C11H9N5O2/c12-3-5-16(6-4-13)11-14-7-9(8-15-11)1-2-10(17)18/h1-2,7-8H,5-6H2,(H,17,18)/b2-1+. The van der Waals surface area contributed by atoms with Gasteiger partial charge in [0.1, 0.15) is 13.1 Å². The van der Waals surface area contributed by atoms with E-state index in [0.717, 1.165) is 6.08 Å². The first-order chi connectivity index (χ1) is 8.67. The van der Waals surface area contributed by atoms with E-state index in [1.54, 1.807) is 0 Å². The van der Waals surface area contributed by atoms with Crippen molar-refractivity contribution in [1.82, 2.24) is 9.97 Å². The summed E-state index contributed by atoms with van der Waals surface area (Å²) in [5.74, 6) is -0.805. The van der Waals surface area contributed by atoms with Crippen LogP contribution in [0, 0.1) is 22.7 Å². The van der Waals surface area contributed by atoms with Gasteiger partial charge in [-0.1, -0.05) is 0 Å². The van der Waals surface area contributed by atoms with Gasteiger partial charge in [0.25, 0.3) is 0 Å². The van der Waals surface area contributed by atoms with E-state index in [9.17, 15) is 4.79 Å². The first kappa shape index (κ1) is 13.1. The maximum atomic E-state index is 10.3. The highest BCUT2D eigenvalue weighted by Crippen LogP contribution is 2.07. The van der Waals surface area contributed by atoms with Gasteiger partial charge in [-0.15, -0.1) is 0 Å². The second-order valence-electron chi connectivity index (χ2n) is 3.16. The Morgan fingerprint density at radius 2 is 1.89 bits per heavy atom. The van der Waals surface area contributed by atoms with Crippen LogP contribution in [0.4, 0.5) is 5.95 Å². The van der Waals surface area contributed by atoms with Gasteiger partial charge in [-0.05, 0) is 6.08 Å². The number of carboxylic acids is 1. The monoisotopic (exact) mass is 243 g/mol.